The van der Waals surface area contributed by atoms with Crippen LogP contribution in [0.15, 0.2) is 11.6 Å². The minimum atomic E-state index is -3.58. The highest BCUT2D eigenvalue weighted by molar-refractivity contribution is 7.90. The van der Waals surface area contributed by atoms with E-state index in [1.165, 1.54) is 0 Å². The molecule has 2 aliphatic rings. The van der Waals surface area contributed by atoms with Gasteiger partial charge in [-0.05, 0) is 38.0 Å². The second-order valence-corrected chi connectivity index (χ2v) is 10.00. The van der Waals surface area contributed by atoms with Crippen molar-refractivity contribution in [1.29, 1.82) is 0 Å². The topological polar surface area (TPSA) is 82.6 Å². The molecule has 2 fully saturated rings. The van der Waals surface area contributed by atoms with Gasteiger partial charge in [0.2, 0.25) is 15.9 Å². The fraction of sp³-hybridized carbons (Fsp3) is 0.765. The van der Waals surface area contributed by atoms with Gasteiger partial charge in [-0.2, -0.15) is 0 Å². The molecule has 1 saturated heterocycles. The Bertz CT molecular complexity index is 685. The van der Waals surface area contributed by atoms with Crippen molar-refractivity contribution in [2.24, 2.45) is 5.92 Å². The van der Waals surface area contributed by atoms with E-state index in [-0.39, 0.29) is 11.9 Å². The Labute approximate surface area is 159 Å². The van der Waals surface area contributed by atoms with E-state index in [0.29, 0.717) is 25.6 Å². The van der Waals surface area contributed by atoms with Crippen LogP contribution >= 0.6 is 11.3 Å². The highest BCUT2D eigenvalue weighted by Crippen LogP contribution is 2.24. The Balaban J connectivity index is 1.50. The van der Waals surface area contributed by atoms with Gasteiger partial charge in [-0.1, -0.05) is 6.92 Å². The van der Waals surface area contributed by atoms with Gasteiger partial charge in [-0.3, -0.25) is 4.79 Å². The van der Waals surface area contributed by atoms with Crippen LogP contribution in [-0.2, 0) is 14.8 Å². The van der Waals surface area contributed by atoms with E-state index in [0.717, 1.165) is 43.8 Å². The van der Waals surface area contributed by atoms with Crippen molar-refractivity contribution >= 4 is 32.4 Å². The summed E-state index contributed by atoms with van der Waals surface area (Å²) in [7, 11) is -3.58. The highest BCUT2D eigenvalue weighted by atomic mass is 32.2. The molecule has 0 bridgehead atoms. The first-order valence-electron chi connectivity index (χ1n) is 9.35. The summed E-state index contributed by atoms with van der Waals surface area (Å²) in [5.41, 5.74) is 0. The average Bonchev–Trinajstić information content (AvgIpc) is 3.00. The molecule has 0 unspecified atom stereocenters. The number of thiazole rings is 1. The predicted molar refractivity (Wildman–Crippen MR) is 104 cm³/mol. The summed E-state index contributed by atoms with van der Waals surface area (Å²) in [5, 5.41) is 2.90. The molecule has 1 amide bonds. The quantitative estimate of drug-likeness (QED) is 0.813. The largest absolute Gasteiger partial charge is 0.346 e. The van der Waals surface area contributed by atoms with Gasteiger partial charge in [0.05, 0.1) is 0 Å². The molecular weight excluding hydrogens is 372 g/mol. The highest BCUT2D eigenvalue weighted by Gasteiger charge is 2.28. The van der Waals surface area contributed by atoms with Crippen molar-refractivity contribution in [1.82, 2.24) is 14.6 Å². The third kappa shape index (κ3) is 5.40. The van der Waals surface area contributed by atoms with Crippen molar-refractivity contribution in [3.63, 3.8) is 0 Å². The number of carbonyl (C=O) groups is 1. The van der Waals surface area contributed by atoms with E-state index < -0.39 is 15.8 Å². The minimum Gasteiger partial charge on any atom is -0.346 e. The van der Waals surface area contributed by atoms with Crippen molar-refractivity contribution in [3.05, 3.63) is 11.6 Å². The normalized spacial score (nSPS) is 25.1. The number of carbonyl (C=O) groups excluding carboxylic acids is 1. The van der Waals surface area contributed by atoms with Gasteiger partial charge in [-0.15, -0.1) is 11.3 Å². The van der Waals surface area contributed by atoms with Gasteiger partial charge >= 0.3 is 0 Å². The maximum atomic E-state index is 12.5. The molecule has 0 atom stereocenters. The number of hydrogen-bond acceptors (Lipinski definition) is 6. The van der Waals surface area contributed by atoms with E-state index in [9.17, 15) is 13.2 Å². The van der Waals surface area contributed by atoms with Gasteiger partial charge < -0.3 is 9.80 Å². The van der Waals surface area contributed by atoms with Crippen LogP contribution in [0.1, 0.15) is 39.0 Å². The third-order valence-corrected chi connectivity index (χ3v) is 7.37. The number of hydrogen-bond donors (Lipinski definition) is 1. The lowest BCUT2D eigenvalue weighted by molar-refractivity contribution is -0.128. The van der Waals surface area contributed by atoms with Gasteiger partial charge in [0.25, 0.3) is 0 Å². The third-order valence-electron chi connectivity index (χ3n) is 5.21. The molecule has 0 spiro atoms. The number of sulfonamides is 1. The first-order valence-corrected chi connectivity index (χ1v) is 11.9. The SMILES string of the molecule is CC1CCC(NS(=O)(=O)CC(=O)N2CCCN(c3nccs3)CC2)CC1. The predicted octanol–water partition coefficient (Wildman–Crippen LogP) is 1.68. The number of rotatable bonds is 5. The van der Waals surface area contributed by atoms with Crippen LogP contribution < -0.4 is 9.62 Å². The zero-order valence-electron chi connectivity index (χ0n) is 15.3. The molecule has 1 aliphatic heterocycles. The average molecular weight is 401 g/mol. The Hall–Kier alpha value is -1.19. The summed E-state index contributed by atoms with van der Waals surface area (Å²) in [6.45, 7) is 4.85. The van der Waals surface area contributed by atoms with Crippen LogP contribution in [0.3, 0.4) is 0 Å². The first kappa shape index (κ1) is 19.6. The zero-order chi connectivity index (χ0) is 18.6. The molecule has 1 N–H and O–H groups in total. The molecule has 0 aromatic carbocycles. The van der Waals surface area contributed by atoms with E-state index in [4.69, 9.17) is 0 Å². The lowest BCUT2D eigenvalue weighted by atomic mass is 9.88. The van der Waals surface area contributed by atoms with Gasteiger partial charge in [0.15, 0.2) is 5.13 Å². The Morgan fingerprint density at radius 2 is 2.00 bits per heavy atom. The van der Waals surface area contributed by atoms with Crippen LogP contribution in [-0.4, -0.2) is 62.2 Å². The lowest BCUT2D eigenvalue weighted by Gasteiger charge is -2.27. The van der Waals surface area contributed by atoms with Crippen molar-refractivity contribution in [2.75, 3.05) is 36.8 Å². The number of anilines is 1. The molecule has 1 aromatic heterocycles. The molecule has 26 heavy (non-hydrogen) atoms. The summed E-state index contributed by atoms with van der Waals surface area (Å²) in [4.78, 5) is 20.7. The Morgan fingerprint density at radius 1 is 1.23 bits per heavy atom. The standard InChI is InChI=1S/C17H28N4O3S2/c1-14-3-5-15(6-4-14)19-26(23,24)13-16(22)20-8-2-9-21(11-10-20)17-18-7-12-25-17/h7,12,14-15,19H,2-6,8-11,13H2,1H3. The summed E-state index contributed by atoms with van der Waals surface area (Å²) < 4.78 is 27.5. The number of aromatic nitrogens is 1. The molecule has 2 heterocycles. The van der Waals surface area contributed by atoms with Crippen LogP contribution in [0.5, 0.6) is 0 Å². The molecule has 0 radical (unpaired) electrons. The second kappa shape index (κ2) is 8.67. The van der Waals surface area contributed by atoms with Gasteiger partial charge in [-0.25, -0.2) is 18.1 Å². The van der Waals surface area contributed by atoms with Crippen LogP contribution in [0.4, 0.5) is 5.13 Å². The Morgan fingerprint density at radius 3 is 2.69 bits per heavy atom. The fourth-order valence-electron chi connectivity index (χ4n) is 3.66. The van der Waals surface area contributed by atoms with Crippen molar-refractivity contribution in [3.8, 4) is 0 Å². The smallest absolute Gasteiger partial charge is 0.239 e. The van der Waals surface area contributed by atoms with E-state index in [1.807, 2.05) is 5.38 Å². The summed E-state index contributed by atoms with van der Waals surface area (Å²) >= 11 is 1.58. The van der Waals surface area contributed by atoms with E-state index in [2.05, 4.69) is 21.5 Å². The molecule has 1 aliphatic carbocycles. The van der Waals surface area contributed by atoms with Crippen LogP contribution in [0.25, 0.3) is 0 Å². The van der Waals surface area contributed by atoms with Gasteiger partial charge in [0, 0.05) is 43.8 Å². The molecular formula is C17H28N4O3S2. The first-order chi connectivity index (χ1) is 12.4. The zero-order valence-corrected chi connectivity index (χ0v) is 16.9. The molecule has 1 aromatic rings. The maximum absolute atomic E-state index is 12.5. The lowest BCUT2D eigenvalue weighted by Crippen LogP contribution is -2.44. The maximum Gasteiger partial charge on any atom is 0.239 e. The van der Waals surface area contributed by atoms with Crippen molar-refractivity contribution < 1.29 is 13.2 Å². The molecule has 1 saturated carbocycles. The molecule has 9 heteroatoms. The number of nitrogens with one attached hydrogen (secondary N) is 1. The monoisotopic (exact) mass is 400 g/mol. The van der Waals surface area contributed by atoms with Crippen LogP contribution in [0, 0.1) is 5.92 Å². The second-order valence-electron chi connectivity index (χ2n) is 7.37. The van der Waals surface area contributed by atoms with Crippen LogP contribution in [0.2, 0.25) is 0 Å². The Kier molecular flexibility index (Phi) is 6.52. The summed E-state index contributed by atoms with van der Waals surface area (Å²) in [5.74, 6) is -0.0889. The number of amides is 1. The fourth-order valence-corrected chi connectivity index (χ4v) is 5.69. The molecule has 7 nitrogen and oxygen atoms in total. The number of nitrogens with zero attached hydrogens (tertiary/aromatic N) is 3. The van der Waals surface area contributed by atoms with E-state index >= 15 is 0 Å². The van der Waals surface area contributed by atoms with Crippen molar-refractivity contribution in [2.45, 2.75) is 45.1 Å². The summed E-state index contributed by atoms with van der Waals surface area (Å²) in [6.07, 6.45) is 6.40. The van der Waals surface area contributed by atoms with Gasteiger partial charge in [0.1, 0.15) is 5.75 Å². The van der Waals surface area contributed by atoms with E-state index in [1.54, 1.807) is 22.4 Å². The minimum absolute atomic E-state index is 0.0199. The molecule has 146 valence electrons. The summed E-state index contributed by atoms with van der Waals surface area (Å²) in [6, 6.07) is -0.0199. The molecule has 3 rings (SSSR count).